The van der Waals surface area contributed by atoms with Gasteiger partial charge in [-0.1, -0.05) is 0 Å². The summed E-state index contributed by atoms with van der Waals surface area (Å²) in [5, 5.41) is 0. The summed E-state index contributed by atoms with van der Waals surface area (Å²) in [4.78, 5) is 20.3. The molecule has 1 aliphatic heterocycles. The summed E-state index contributed by atoms with van der Waals surface area (Å²) < 4.78 is 0. The molecule has 0 aromatic carbocycles. The van der Waals surface area contributed by atoms with Crippen LogP contribution in [-0.2, 0) is 0 Å². The Bertz CT molecular complexity index is 428. The summed E-state index contributed by atoms with van der Waals surface area (Å²) in [6.07, 6.45) is 5.71. The summed E-state index contributed by atoms with van der Waals surface area (Å²) >= 11 is 0. The normalized spacial score (nSPS) is 20.5. The molecule has 0 bridgehead atoms. The SMILES string of the molecule is NCCC1CCCCN1c1nc[nH]c(=O)c1N. The van der Waals surface area contributed by atoms with Crippen molar-refractivity contribution in [2.24, 2.45) is 5.73 Å². The monoisotopic (exact) mass is 237 g/mol. The lowest BCUT2D eigenvalue weighted by Crippen LogP contribution is -2.42. The molecule has 6 heteroatoms. The number of piperidine rings is 1. The van der Waals surface area contributed by atoms with Crippen LogP contribution in [0.3, 0.4) is 0 Å². The second-order valence-electron chi connectivity index (χ2n) is 4.39. The van der Waals surface area contributed by atoms with E-state index in [2.05, 4.69) is 14.9 Å². The first kappa shape index (κ1) is 11.9. The minimum atomic E-state index is -0.271. The number of H-pyrrole nitrogens is 1. The van der Waals surface area contributed by atoms with Gasteiger partial charge in [-0.15, -0.1) is 0 Å². The van der Waals surface area contributed by atoms with Crippen molar-refractivity contribution in [1.29, 1.82) is 0 Å². The van der Waals surface area contributed by atoms with Gasteiger partial charge in [-0.2, -0.15) is 0 Å². The van der Waals surface area contributed by atoms with E-state index < -0.39 is 0 Å². The molecule has 6 nitrogen and oxygen atoms in total. The Morgan fingerprint density at radius 1 is 1.53 bits per heavy atom. The summed E-state index contributed by atoms with van der Waals surface area (Å²) in [5.74, 6) is 0.604. The lowest BCUT2D eigenvalue weighted by molar-refractivity contribution is 0.439. The summed E-state index contributed by atoms with van der Waals surface area (Å²) in [6, 6.07) is 0.352. The van der Waals surface area contributed by atoms with Crippen molar-refractivity contribution in [2.45, 2.75) is 31.7 Å². The molecule has 17 heavy (non-hydrogen) atoms. The fourth-order valence-electron chi connectivity index (χ4n) is 2.40. The standard InChI is InChI=1S/C11H19N5O/c12-5-4-8-3-1-2-6-16(8)10-9(13)11(17)15-7-14-10/h7-8H,1-6,12-13H2,(H,14,15,17). The topological polar surface area (TPSA) is 101 Å². The third kappa shape index (κ3) is 2.41. The third-order valence-electron chi connectivity index (χ3n) is 3.27. The maximum atomic E-state index is 11.5. The smallest absolute Gasteiger partial charge is 0.276 e. The number of anilines is 2. The van der Waals surface area contributed by atoms with Crippen LogP contribution in [0.1, 0.15) is 25.7 Å². The van der Waals surface area contributed by atoms with Crippen molar-refractivity contribution in [3.8, 4) is 0 Å². The number of hydrogen-bond acceptors (Lipinski definition) is 5. The fraction of sp³-hybridized carbons (Fsp3) is 0.636. The van der Waals surface area contributed by atoms with Gasteiger partial charge in [0, 0.05) is 12.6 Å². The molecule has 1 unspecified atom stereocenters. The van der Waals surface area contributed by atoms with Crippen molar-refractivity contribution in [3.63, 3.8) is 0 Å². The number of aromatic nitrogens is 2. The number of nitrogen functional groups attached to an aromatic ring is 1. The van der Waals surface area contributed by atoms with Crippen molar-refractivity contribution in [3.05, 3.63) is 16.7 Å². The minimum Gasteiger partial charge on any atom is -0.391 e. The second-order valence-corrected chi connectivity index (χ2v) is 4.39. The van der Waals surface area contributed by atoms with E-state index in [1.807, 2.05) is 0 Å². The number of nitrogens with one attached hydrogen (secondary N) is 1. The summed E-state index contributed by atoms with van der Waals surface area (Å²) in [7, 11) is 0. The van der Waals surface area contributed by atoms with Crippen LogP contribution in [0.5, 0.6) is 0 Å². The van der Waals surface area contributed by atoms with E-state index in [0.717, 1.165) is 25.8 Å². The predicted molar refractivity (Wildman–Crippen MR) is 67.9 cm³/mol. The molecule has 0 amide bonds. The number of nitrogens with two attached hydrogens (primary N) is 2. The van der Waals surface area contributed by atoms with Gasteiger partial charge in [0.25, 0.3) is 5.56 Å². The van der Waals surface area contributed by atoms with Gasteiger partial charge in [0.2, 0.25) is 0 Å². The van der Waals surface area contributed by atoms with Crippen LogP contribution in [-0.4, -0.2) is 29.1 Å². The molecule has 2 heterocycles. The molecular weight excluding hydrogens is 218 g/mol. The van der Waals surface area contributed by atoms with Crippen molar-refractivity contribution >= 4 is 11.5 Å². The average Bonchev–Trinajstić information content (AvgIpc) is 2.34. The predicted octanol–water partition coefficient (Wildman–Crippen LogP) is 0.0598. The third-order valence-corrected chi connectivity index (χ3v) is 3.27. The Balaban J connectivity index is 2.29. The van der Waals surface area contributed by atoms with Crippen LogP contribution in [0.25, 0.3) is 0 Å². The van der Waals surface area contributed by atoms with Gasteiger partial charge in [0.15, 0.2) is 5.82 Å². The van der Waals surface area contributed by atoms with Gasteiger partial charge in [0.05, 0.1) is 6.33 Å². The molecule has 1 aliphatic rings. The summed E-state index contributed by atoms with van der Waals surface area (Å²) in [5.41, 5.74) is 11.3. The molecule has 1 atom stereocenters. The fourth-order valence-corrected chi connectivity index (χ4v) is 2.40. The van der Waals surface area contributed by atoms with Gasteiger partial charge in [-0.05, 0) is 32.2 Å². The summed E-state index contributed by atoms with van der Waals surface area (Å²) in [6.45, 7) is 1.54. The molecule has 0 spiro atoms. The number of aromatic amines is 1. The van der Waals surface area contributed by atoms with Crippen molar-refractivity contribution in [2.75, 3.05) is 23.7 Å². The Hall–Kier alpha value is -1.56. The molecular formula is C11H19N5O. The molecule has 0 aliphatic carbocycles. The zero-order valence-corrected chi connectivity index (χ0v) is 9.85. The molecule has 1 aromatic rings. The highest BCUT2D eigenvalue weighted by atomic mass is 16.1. The number of hydrogen-bond donors (Lipinski definition) is 3. The average molecular weight is 237 g/mol. The number of rotatable bonds is 3. The highest BCUT2D eigenvalue weighted by Crippen LogP contribution is 2.26. The highest BCUT2D eigenvalue weighted by molar-refractivity contribution is 5.61. The van der Waals surface area contributed by atoms with E-state index in [1.165, 1.54) is 12.7 Å². The first-order valence-corrected chi connectivity index (χ1v) is 6.04. The molecule has 1 aromatic heterocycles. The molecule has 0 saturated carbocycles. The zero-order chi connectivity index (χ0) is 12.3. The number of nitrogens with zero attached hydrogens (tertiary/aromatic N) is 2. The second kappa shape index (κ2) is 5.18. The van der Waals surface area contributed by atoms with Crippen LogP contribution in [0, 0.1) is 0 Å². The Morgan fingerprint density at radius 2 is 2.35 bits per heavy atom. The van der Waals surface area contributed by atoms with Crippen LogP contribution >= 0.6 is 0 Å². The van der Waals surface area contributed by atoms with Gasteiger partial charge in [0.1, 0.15) is 5.69 Å². The van der Waals surface area contributed by atoms with E-state index in [4.69, 9.17) is 11.5 Å². The molecule has 5 N–H and O–H groups in total. The maximum Gasteiger partial charge on any atom is 0.276 e. The van der Waals surface area contributed by atoms with E-state index in [9.17, 15) is 4.79 Å². The molecule has 94 valence electrons. The lowest BCUT2D eigenvalue weighted by Gasteiger charge is -2.36. The van der Waals surface area contributed by atoms with E-state index in [1.54, 1.807) is 0 Å². The lowest BCUT2D eigenvalue weighted by atomic mass is 9.99. The van der Waals surface area contributed by atoms with Gasteiger partial charge < -0.3 is 21.4 Å². The van der Waals surface area contributed by atoms with Crippen LogP contribution in [0.2, 0.25) is 0 Å². The van der Waals surface area contributed by atoms with E-state index >= 15 is 0 Å². The Kier molecular flexibility index (Phi) is 3.63. The first-order chi connectivity index (χ1) is 8.24. The molecule has 1 fully saturated rings. The van der Waals surface area contributed by atoms with Gasteiger partial charge in [-0.25, -0.2) is 4.98 Å². The van der Waals surface area contributed by atoms with Crippen molar-refractivity contribution < 1.29 is 0 Å². The van der Waals surface area contributed by atoms with Gasteiger partial charge in [-0.3, -0.25) is 4.79 Å². The van der Waals surface area contributed by atoms with Crippen LogP contribution < -0.4 is 21.9 Å². The molecule has 0 radical (unpaired) electrons. The zero-order valence-electron chi connectivity index (χ0n) is 9.85. The van der Waals surface area contributed by atoms with E-state index in [-0.39, 0.29) is 11.2 Å². The largest absolute Gasteiger partial charge is 0.391 e. The van der Waals surface area contributed by atoms with Crippen LogP contribution in [0.4, 0.5) is 11.5 Å². The maximum absolute atomic E-state index is 11.5. The van der Waals surface area contributed by atoms with E-state index in [0.29, 0.717) is 18.4 Å². The van der Waals surface area contributed by atoms with Crippen LogP contribution in [0.15, 0.2) is 11.1 Å². The minimum absolute atomic E-state index is 0.205. The highest BCUT2D eigenvalue weighted by Gasteiger charge is 2.25. The Labute approximate surface area is 100 Å². The van der Waals surface area contributed by atoms with Crippen molar-refractivity contribution in [1.82, 2.24) is 9.97 Å². The molecule has 2 rings (SSSR count). The quantitative estimate of drug-likeness (QED) is 0.690. The first-order valence-electron chi connectivity index (χ1n) is 6.04. The molecule has 1 saturated heterocycles. The Morgan fingerprint density at radius 3 is 3.12 bits per heavy atom. The van der Waals surface area contributed by atoms with Gasteiger partial charge >= 0.3 is 0 Å².